The molecule has 0 saturated carbocycles. The van der Waals surface area contributed by atoms with Crippen molar-refractivity contribution < 1.29 is 9.59 Å². The van der Waals surface area contributed by atoms with Gasteiger partial charge in [-0.3, -0.25) is 9.59 Å². The normalized spacial score (nSPS) is 10.6. The van der Waals surface area contributed by atoms with Crippen molar-refractivity contribution in [2.24, 2.45) is 0 Å². The second-order valence-corrected chi connectivity index (χ2v) is 6.56. The van der Waals surface area contributed by atoms with Crippen LogP contribution in [0.25, 0.3) is 11.0 Å². The van der Waals surface area contributed by atoms with Crippen LogP contribution in [0.5, 0.6) is 0 Å². The molecule has 0 fully saturated rings. The third kappa shape index (κ3) is 4.08. The Kier molecular flexibility index (Phi) is 4.94. The Balaban J connectivity index is 1.37. The molecule has 0 aliphatic carbocycles. The summed E-state index contributed by atoms with van der Waals surface area (Å²) in [6.07, 6.45) is 1.59. The van der Waals surface area contributed by atoms with Gasteiger partial charge in [-0.15, -0.1) is 0 Å². The number of nitrogens with zero attached hydrogens (tertiary/aromatic N) is 1. The summed E-state index contributed by atoms with van der Waals surface area (Å²) in [7, 11) is 0. The quantitative estimate of drug-likeness (QED) is 0.395. The third-order valence-electron chi connectivity index (χ3n) is 4.56. The average molecular weight is 385 g/mol. The molecule has 2 amide bonds. The van der Waals surface area contributed by atoms with Gasteiger partial charge < -0.3 is 21.4 Å². The molecule has 4 aromatic rings. The highest BCUT2D eigenvalue weighted by Gasteiger charge is 2.09. The summed E-state index contributed by atoms with van der Waals surface area (Å²) in [6.45, 7) is 0.355. The van der Waals surface area contributed by atoms with Crippen LogP contribution in [0, 0.1) is 0 Å². The van der Waals surface area contributed by atoms with E-state index >= 15 is 0 Å². The fraction of sp³-hybridized carbons (Fsp3) is 0.0455. The zero-order valence-corrected chi connectivity index (χ0v) is 15.5. The molecule has 7 nitrogen and oxygen atoms in total. The molecule has 7 heteroatoms. The number of carbonyl (C=O) groups is 2. The van der Waals surface area contributed by atoms with Crippen LogP contribution in [-0.2, 0) is 6.54 Å². The Morgan fingerprint density at radius 3 is 2.48 bits per heavy atom. The second kappa shape index (κ2) is 7.85. The van der Waals surface area contributed by atoms with Crippen molar-refractivity contribution in [1.29, 1.82) is 0 Å². The Hall–Kier alpha value is -4.13. The van der Waals surface area contributed by atoms with Crippen molar-refractivity contribution in [2.45, 2.75) is 6.54 Å². The van der Waals surface area contributed by atoms with Crippen molar-refractivity contribution in [2.75, 3.05) is 11.1 Å². The lowest BCUT2D eigenvalue weighted by molar-refractivity contribution is 0.0950. The number of nitrogen functional groups attached to an aromatic ring is 1. The second-order valence-electron chi connectivity index (χ2n) is 6.56. The minimum atomic E-state index is -0.244. The largest absolute Gasteiger partial charge is 0.397 e. The summed E-state index contributed by atoms with van der Waals surface area (Å²) in [5.74, 6) is -0.422. The Bertz CT molecular complexity index is 1180. The van der Waals surface area contributed by atoms with E-state index in [1.807, 2.05) is 18.2 Å². The first-order valence-electron chi connectivity index (χ1n) is 9.06. The smallest absolute Gasteiger partial charge is 0.255 e. The molecule has 4 rings (SSSR count). The summed E-state index contributed by atoms with van der Waals surface area (Å²) in [5.41, 5.74) is 10.5. The maximum atomic E-state index is 12.4. The number of rotatable bonds is 5. The number of anilines is 2. The molecule has 29 heavy (non-hydrogen) atoms. The van der Waals surface area contributed by atoms with Crippen molar-refractivity contribution in [3.05, 3.63) is 89.7 Å². The molecule has 1 heterocycles. The average Bonchev–Trinajstić information content (AvgIpc) is 3.22. The first kappa shape index (κ1) is 18.2. The van der Waals surface area contributed by atoms with Gasteiger partial charge in [-0.1, -0.05) is 24.3 Å². The Labute approximate surface area is 167 Å². The van der Waals surface area contributed by atoms with E-state index in [2.05, 4.69) is 20.6 Å². The standard InChI is InChI=1S/C22H19N5O2/c23-17-3-1-2-4-18(17)27-22(29)15-7-5-14(6-8-15)12-24-21(28)16-9-10-19-20(11-16)26-13-25-19/h1-11,13H,12,23H2,(H,24,28)(H,25,26)(H,27,29). The number of hydrogen-bond acceptors (Lipinski definition) is 4. The van der Waals surface area contributed by atoms with Gasteiger partial charge in [0.1, 0.15) is 0 Å². The van der Waals surface area contributed by atoms with Gasteiger partial charge in [0, 0.05) is 17.7 Å². The molecule has 3 aromatic carbocycles. The Morgan fingerprint density at radius 2 is 1.69 bits per heavy atom. The van der Waals surface area contributed by atoms with E-state index in [0.29, 0.717) is 29.0 Å². The van der Waals surface area contributed by atoms with Crippen LogP contribution >= 0.6 is 0 Å². The molecular formula is C22H19N5O2. The number of nitrogens with two attached hydrogens (primary N) is 1. The SMILES string of the molecule is Nc1ccccc1NC(=O)c1ccc(CNC(=O)c2ccc3nc[nH]c3c2)cc1. The van der Waals surface area contributed by atoms with Crippen LogP contribution in [0.15, 0.2) is 73.1 Å². The van der Waals surface area contributed by atoms with Crippen LogP contribution in [0.4, 0.5) is 11.4 Å². The van der Waals surface area contributed by atoms with Crippen LogP contribution in [0.3, 0.4) is 0 Å². The van der Waals surface area contributed by atoms with Crippen molar-refractivity contribution in [3.8, 4) is 0 Å². The summed E-state index contributed by atoms with van der Waals surface area (Å²) >= 11 is 0. The summed E-state index contributed by atoms with van der Waals surface area (Å²) in [6, 6.07) is 19.4. The molecule has 0 aliphatic heterocycles. The highest BCUT2D eigenvalue weighted by molar-refractivity contribution is 6.05. The van der Waals surface area contributed by atoms with E-state index in [9.17, 15) is 9.59 Å². The summed E-state index contributed by atoms with van der Waals surface area (Å²) < 4.78 is 0. The van der Waals surface area contributed by atoms with E-state index in [0.717, 1.165) is 16.6 Å². The topological polar surface area (TPSA) is 113 Å². The molecule has 0 saturated heterocycles. The molecule has 0 aliphatic rings. The van der Waals surface area contributed by atoms with E-state index in [1.54, 1.807) is 54.9 Å². The number of aromatic amines is 1. The number of imidazole rings is 1. The third-order valence-corrected chi connectivity index (χ3v) is 4.56. The van der Waals surface area contributed by atoms with Gasteiger partial charge in [0.15, 0.2) is 0 Å². The van der Waals surface area contributed by atoms with Gasteiger partial charge in [0.25, 0.3) is 11.8 Å². The maximum absolute atomic E-state index is 12.4. The lowest BCUT2D eigenvalue weighted by Crippen LogP contribution is -2.22. The molecule has 0 radical (unpaired) electrons. The maximum Gasteiger partial charge on any atom is 0.255 e. The van der Waals surface area contributed by atoms with Crippen molar-refractivity contribution in [3.63, 3.8) is 0 Å². The number of fused-ring (bicyclic) bond motifs is 1. The van der Waals surface area contributed by atoms with Gasteiger partial charge >= 0.3 is 0 Å². The van der Waals surface area contributed by atoms with Crippen molar-refractivity contribution in [1.82, 2.24) is 15.3 Å². The summed E-state index contributed by atoms with van der Waals surface area (Å²) in [5, 5.41) is 5.67. The molecular weight excluding hydrogens is 366 g/mol. The monoisotopic (exact) mass is 385 g/mol. The molecule has 0 unspecified atom stereocenters. The predicted molar refractivity (Wildman–Crippen MR) is 113 cm³/mol. The lowest BCUT2D eigenvalue weighted by atomic mass is 10.1. The van der Waals surface area contributed by atoms with E-state index in [1.165, 1.54) is 0 Å². The molecule has 1 aromatic heterocycles. The minimum Gasteiger partial charge on any atom is -0.397 e. The van der Waals surface area contributed by atoms with Gasteiger partial charge in [0.2, 0.25) is 0 Å². The zero-order valence-electron chi connectivity index (χ0n) is 15.5. The number of aromatic nitrogens is 2. The first-order valence-corrected chi connectivity index (χ1v) is 9.06. The highest BCUT2D eigenvalue weighted by Crippen LogP contribution is 2.18. The molecule has 0 spiro atoms. The van der Waals surface area contributed by atoms with Gasteiger partial charge in [-0.25, -0.2) is 4.98 Å². The highest BCUT2D eigenvalue weighted by atomic mass is 16.2. The minimum absolute atomic E-state index is 0.178. The summed E-state index contributed by atoms with van der Waals surface area (Å²) in [4.78, 5) is 31.9. The molecule has 5 N–H and O–H groups in total. The fourth-order valence-electron chi connectivity index (χ4n) is 2.94. The van der Waals surface area contributed by atoms with Crippen LogP contribution in [0.2, 0.25) is 0 Å². The van der Waals surface area contributed by atoms with Crippen LogP contribution < -0.4 is 16.4 Å². The van der Waals surface area contributed by atoms with Crippen molar-refractivity contribution >= 4 is 34.2 Å². The zero-order chi connectivity index (χ0) is 20.2. The molecule has 144 valence electrons. The fourth-order valence-corrected chi connectivity index (χ4v) is 2.94. The van der Waals surface area contributed by atoms with Crippen LogP contribution in [-0.4, -0.2) is 21.8 Å². The van der Waals surface area contributed by atoms with Gasteiger partial charge in [-0.05, 0) is 48.0 Å². The predicted octanol–water partition coefficient (Wildman–Crippen LogP) is 3.33. The van der Waals surface area contributed by atoms with Crippen LogP contribution in [0.1, 0.15) is 26.3 Å². The first-order chi connectivity index (χ1) is 14.1. The molecule has 0 bridgehead atoms. The molecule has 0 atom stereocenters. The van der Waals surface area contributed by atoms with Gasteiger partial charge in [-0.2, -0.15) is 0 Å². The van der Waals surface area contributed by atoms with Gasteiger partial charge in [0.05, 0.1) is 28.7 Å². The number of para-hydroxylation sites is 2. The number of carbonyl (C=O) groups excluding carboxylic acids is 2. The van der Waals surface area contributed by atoms with E-state index in [4.69, 9.17) is 5.73 Å². The van der Waals surface area contributed by atoms with E-state index < -0.39 is 0 Å². The number of H-pyrrole nitrogens is 1. The number of hydrogen-bond donors (Lipinski definition) is 4. The number of nitrogens with one attached hydrogen (secondary N) is 3. The Morgan fingerprint density at radius 1 is 0.931 bits per heavy atom. The number of benzene rings is 3. The number of amides is 2. The lowest BCUT2D eigenvalue weighted by Gasteiger charge is -2.09. The van der Waals surface area contributed by atoms with E-state index in [-0.39, 0.29) is 11.8 Å².